The van der Waals surface area contributed by atoms with E-state index in [9.17, 15) is 0 Å². The smallest absolute Gasteiger partial charge is 0.241 e. The minimum absolute atomic E-state index is 1.15. The Bertz CT molecular complexity index is 45.6. The first-order chi connectivity index (χ1) is 2.50. The van der Waals surface area contributed by atoms with Crippen molar-refractivity contribution in [1.82, 2.24) is 5.59 Å². The SMILES string of the molecule is C1=NNOO1. The van der Waals surface area contributed by atoms with Gasteiger partial charge in [-0.05, 0) is 4.99 Å². The molecule has 4 heteroatoms. The van der Waals surface area contributed by atoms with E-state index in [1.807, 2.05) is 0 Å². The molecule has 0 saturated heterocycles. The molecule has 0 amide bonds. The van der Waals surface area contributed by atoms with Crippen LogP contribution in [-0.2, 0) is 9.88 Å². The number of nitrogens with one attached hydrogen (secondary N) is 1. The Morgan fingerprint density at radius 2 is 2.80 bits per heavy atom. The fourth-order valence-corrected chi connectivity index (χ4v) is 0.108. The fourth-order valence-electron chi connectivity index (χ4n) is 0.108. The van der Waals surface area contributed by atoms with Crippen LogP contribution in [0.25, 0.3) is 0 Å². The molecular formula is CH2N2O2. The highest BCUT2D eigenvalue weighted by atomic mass is 17.3. The molecule has 1 aliphatic heterocycles. The zero-order valence-electron chi connectivity index (χ0n) is 2.34. The molecule has 1 N–H and O–H groups in total. The van der Waals surface area contributed by atoms with Crippen molar-refractivity contribution in [3.8, 4) is 0 Å². The lowest BCUT2D eigenvalue weighted by Crippen LogP contribution is -1.94. The van der Waals surface area contributed by atoms with Crippen LogP contribution in [-0.4, -0.2) is 6.40 Å². The van der Waals surface area contributed by atoms with Crippen molar-refractivity contribution >= 4 is 6.40 Å². The quantitative estimate of drug-likeness (QED) is 0.390. The third kappa shape index (κ3) is 0.273. The van der Waals surface area contributed by atoms with Gasteiger partial charge in [-0.1, -0.05) is 0 Å². The molecule has 0 saturated carbocycles. The first-order valence-electron chi connectivity index (χ1n) is 1.09. The highest BCUT2D eigenvalue weighted by Gasteiger charge is 1.82. The van der Waals surface area contributed by atoms with Crippen LogP contribution in [0.2, 0.25) is 0 Å². The second-order valence-corrected chi connectivity index (χ2v) is 0.505. The first-order valence-corrected chi connectivity index (χ1v) is 1.09. The van der Waals surface area contributed by atoms with E-state index in [0.29, 0.717) is 0 Å². The molecule has 1 heterocycles. The van der Waals surface area contributed by atoms with Crippen molar-refractivity contribution in [3.63, 3.8) is 0 Å². The van der Waals surface area contributed by atoms with Crippen molar-refractivity contribution in [2.24, 2.45) is 5.10 Å². The van der Waals surface area contributed by atoms with Gasteiger partial charge in [0.25, 0.3) is 0 Å². The maximum atomic E-state index is 4.04. The van der Waals surface area contributed by atoms with E-state index in [-0.39, 0.29) is 0 Å². The van der Waals surface area contributed by atoms with Crippen LogP contribution < -0.4 is 5.59 Å². The largest absolute Gasteiger partial charge is 0.299 e. The molecule has 0 aromatic carbocycles. The summed E-state index contributed by atoms with van der Waals surface area (Å²) < 4.78 is 0. The van der Waals surface area contributed by atoms with Crippen LogP contribution in [0.15, 0.2) is 5.10 Å². The predicted octanol–water partition coefficient (Wildman–Crippen LogP) is -0.604. The van der Waals surface area contributed by atoms with Gasteiger partial charge in [-0.2, -0.15) is 0 Å². The Balaban J connectivity index is 2.32. The number of hydrazone groups is 1. The summed E-state index contributed by atoms with van der Waals surface area (Å²) in [4.78, 5) is 8.01. The van der Waals surface area contributed by atoms with Gasteiger partial charge in [0.05, 0.1) is 0 Å². The second kappa shape index (κ2) is 0.898. The molecule has 0 fully saturated rings. The Morgan fingerprint density at radius 3 is 3.00 bits per heavy atom. The van der Waals surface area contributed by atoms with Gasteiger partial charge in [-0.3, -0.25) is 4.89 Å². The minimum atomic E-state index is 1.15. The third-order valence-electron chi connectivity index (χ3n) is 0.234. The van der Waals surface area contributed by atoms with Gasteiger partial charge < -0.3 is 0 Å². The Labute approximate surface area is 28.3 Å². The number of rotatable bonds is 0. The highest BCUT2D eigenvalue weighted by Crippen LogP contribution is 1.72. The molecule has 0 bridgehead atoms. The van der Waals surface area contributed by atoms with Gasteiger partial charge in [0, 0.05) is 0 Å². The molecule has 28 valence electrons. The van der Waals surface area contributed by atoms with E-state index in [4.69, 9.17) is 0 Å². The molecule has 0 spiro atoms. The second-order valence-electron chi connectivity index (χ2n) is 0.505. The highest BCUT2D eigenvalue weighted by molar-refractivity contribution is 5.45. The summed E-state index contributed by atoms with van der Waals surface area (Å²) in [6, 6.07) is 0. The maximum absolute atomic E-state index is 4.04. The van der Waals surface area contributed by atoms with Crippen LogP contribution in [0.1, 0.15) is 0 Å². The van der Waals surface area contributed by atoms with Gasteiger partial charge in [0.2, 0.25) is 6.40 Å². The maximum Gasteiger partial charge on any atom is 0.241 e. The van der Waals surface area contributed by atoms with Gasteiger partial charge in [0.1, 0.15) is 0 Å². The van der Waals surface area contributed by atoms with E-state index in [0.717, 1.165) is 6.40 Å². The third-order valence-corrected chi connectivity index (χ3v) is 0.234. The zero-order chi connectivity index (χ0) is 3.54. The van der Waals surface area contributed by atoms with Gasteiger partial charge >= 0.3 is 0 Å². The summed E-state index contributed by atoms with van der Waals surface area (Å²) >= 11 is 0. The fraction of sp³-hybridized carbons (Fsp3) is 0. The summed E-state index contributed by atoms with van der Waals surface area (Å²) in [6.07, 6.45) is 1.15. The average Bonchev–Trinajstić information content (AvgIpc) is 1.76. The zero-order valence-corrected chi connectivity index (χ0v) is 2.34. The molecule has 0 radical (unpaired) electrons. The molecule has 0 aromatic heterocycles. The van der Waals surface area contributed by atoms with Crippen molar-refractivity contribution in [2.45, 2.75) is 0 Å². The minimum Gasteiger partial charge on any atom is -0.299 e. The van der Waals surface area contributed by atoms with Crippen molar-refractivity contribution in [3.05, 3.63) is 0 Å². The lowest BCUT2D eigenvalue weighted by atomic mass is 11.5. The molecule has 1 rings (SSSR count). The predicted molar refractivity (Wildman–Crippen MR) is 13.8 cm³/mol. The summed E-state index contributed by atoms with van der Waals surface area (Å²) in [6.45, 7) is 0. The lowest BCUT2D eigenvalue weighted by Gasteiger charge is -1.77. The molecule has 1 aliphatic rings. The van der Waals surface area contributed by atoms with Crippen molar-refractivity contribution < 1.29 is 9.88 Å². The number of hydrogen-bond donors (Lipinski definition) is 1. The Kier molecular flexibility index (Phi) is 0.443. The van der Waals surface area contributed by atoms with Gasteiger partial charge in [-0.15, -0.1) is 10.7 Å². The van der Waals surface area contributed by atoms with E-state index < -0.39 is 0 Å². The molecule has 0 aliphatic carbocycles. The average molecular weight is 74.0 g/mol. The van der Waals surface area contributed by atoms with Crippen LogP contribution in [0, 0.1) is 0 Å². The van der Waals surface area contributed by atoms with Crippen molar-refractivity contribution in [1.29, 1.82) is 0 Å². The molecular weight excluding hydrogens is 72.0 g/mol. The van der Waals surface area contributed by atoms with Crippen LogP contribution in [0.4, 0.5) is 0 Å². The Hall–Kier alpha value is -0.770. The number of hydrogen-bond acceptors (Lipinski definition) is 4. The van der Waals surface area contributed by atoms with E-state index in [1.165, 1.54) is 0 Å². The van der Waals surface area contributed by atoms with E-state index >= 15 is 0 Å². The van der Waals surface area contributed by atoms with Gasteiger partial charge in [0.15, 0.2) is 0 Å². The van der Waals surface area contributed by atoms with E-state index in [1.54, 1.807) is 0 Å². The van der Waals surface area contributed by atoms with Crippen LogP contribution >= 0.6 is 0 Å². The van der Waals surface area contributed by atoms with Crippen LogP contribution in [0.3, 0.4) is 0 Å². The Morgan fingerprint density at radius 1 is 1.80 bits per heavy atom. The monoisotopic (exact) mass is 74.0 g/mol. The van der Waals surface area contributed by atoms with Crippen LogP contribution in [0.5, 0.6) is 0 Å². The topological polar surface area (TPSA) is 42.9 Å². The molecule has 4 nitrogen and oxygen atoms in total. The lowest BCUT2D eigenvalue weighted by molar-refractivity contribution is -0.245. The first kappa shape index (κ1) is 2.47. The molecule has 0 unspecified atom stereocenters. The van der Waals surface area contributed by atoms with E-state index in [2.05, 4.69) is 20.6 Å². The summed E-state index contributed by atoms with van der Waals surface area (Å²) in [5.41, 5.74) is 2.07. The van der Waals surface area contributed by atoms with Gasteiger partial charge in [-0.25, -0.2) is 0 Å². The molecule has 5 heavy (non-hydrogen) atoms. The summed E-state index contributed by atoms with van der Waals surface area (Å²) in [5, 5.41) is 3.26. The molecule has 0 aromatic rings. The normalized spacial score (nSPS) is 17.6. The standard InChI is InChI=1S/CH2N2O2/c1-2-3-5-4-1/h1,3H. The number of nitrogens with zero attached hydrogens (tertiary/aromatic N) is 1. The summed E-state index contributed by atoms with van der Waals surface area (Å²) in [5.74, 6) is 0. The van der Waals surface area contributed by atoms with Crippen molar-refractivity contribution in [2.75, 3.05) is 0 Å². The molecule has 0 atom stereocenters. The summed E-state index contributed by atoms with van der Waals surface area (Å²) in [7, 11) is 0.